The van der Waals surface area contributed by atoms with Crippen LogP contribution in [0.5, 0.6) is 0 Å². The van der Waals surface area contributed by atoms with Gasteiger partial charge in [0.2, 0.25) is 11.8 Å². The molecule has 0 aromatic heterocycles. The molecule has 0 heterocycles. The SMILES string of the molecule is Cc1ccc(CN(C(=O)CN(c2ccc(F)cc2)S(=O)(=O)c2ccccc2)C(C)C(=O)NCC(C)C)cc1. The number of nitrogens with one attached hydrogen (secondary N) is 1. The van der Waals surface area contributed by atoms with E-state index in [2.05, 4.69) is 5.32 Å². The molecule has 9 heteroatoms. The second kappa shape index (κ2) is 12.7. The zero-order chi connectivity index (χ0) is 27.9. The largest absolute Gasteiger partial charge is 0.354 e. The van der Waals surface area contributed by atoms with Gasteiger partial charge in [-0.2, -0.15) is 0 Å². The molecule has 1 N–H and O–H groups in total. The molecule has 0 aliphatic carbocycles. The Morgan fingerprint density at radius 1 is 0.895 bits per heavy atom. The maximum absolute atomic E-state index is 13.8. The molecule has 0 aliphatic rings. The third-order valence-corrected chi connectivity index (χ3v) is 7.84. The smallest absolute Gasteiger partial charge is 0.264 e. The molecule has 0 spiro atoms. The van der Waals surface area contributed by atoms with E-state index < -0.39 is 34.3 Å². The highest BCUT2D eigenvalue weighted by atomic mass is 32.2. The van der Waals surface area contributed by atoms with Crippen LogP contribution in [0.15, 0.2) is 83.8 Å². The van der Waals surface area contributed by atoms with Crippen molar-refractivity contribution < 1.29 is 22.4 Å². The van der Waals surface area contributed by atoms with E-state index in [9.17, 15) is 22.4 Å². The second-order valence-corrected chi connectivity index (χ2v) is 11.5. The summed E-state index contributed by atoms with van der Waals surface area (Å²) in [6.45, 7) is 7.48. The third-order valence-electron chi connectivity index (χ3n) is 6.05. The lowest BCUT2D eigenvalue weighted by atomic mass is 10.1. The predicted molar refractivity (Wildman–Crippen MR) is 146 cm³/mol. The topological polar surface area (TPSA) is 86.8 Å². The molecule has 1 atom stereocenters. The van der Waals surface area contributed by atoms with Crippen LogP contribution in [0.1, 0.15) is 31.9 Å². The number of halogens is 1. The average Bonchev–Trinajstić information content (AvgIpc) is 2.90. The van der Waals surface area contributed by atoms with Crippen molar-refractivity contribution in [3.8, 4) is 0 Å². The fraction of sp³-hybridized carbons (Fsp3) is 0.310. The van der Waals surface area contributed by atoms with Crippen LogP contribution >= 0.6 is 0 Å². The van der Waals surface area contributed by atoms with Gasteiger partial charge in [-0.1, -0.05) is 61.9 Å². The first-order chi connectivity index (χ1) is 18.0. The van der Waals surface area contributed by atoms with Gasteiger partial charge >= 0.3 is 0 Å². The van der Waals surface area contributed by atoms with E-state index in [1.807, 2.05) is 45.0 Å². The summed E-state index contributed by atoms with van der Waals surface area (Å²) in [5.41, 5.74) is 1.98. The molecule has 2 amide bonds. The Hall–Kier alpha value is -3.72. The van der Waals surface area contributed by atoms with Gasteiger partial charge in [-0.25, -0.2) is 12.8 Å². The molecule has 0 saturated heterocycles. The first-order valence-corrected chi connectivity index (χ1v) is 13.9. The second-order valence-electron chi connectivity index (χ2n) is 9.62. The van der Waals surface area contributed by atoms with Crippen LogP contribution in [0.2, 0.25) is 0 Å². The molecule has 0 saturated carbocycles. The maximum Gasteiger partial charge on any atom is 0.264 e. The molecule has 3 aromatic carbocycles. The van der Waals surface area contributed by atoms with E-state index in [1.54, 1.807) is 25.1 Å². The fourth-order valence-corrected chi connectivity index (χ4v) is 5.22. The number of amides is 2. The Balaban J connectivity index is 1.98. The van der Waals surface area contributed by atoms with Gasteiger partial charge in [0, 0.05) is 13.1 Å². The predicted octanol–water partition coefficient (Wildman–Crippen LogP) is 4.52. The number of hydrogen-bond acceptors (Lipinski definition) is 4. The van der Waals surface area contributed by atoms with Crippen molar-refractivity contribution in [2.24, 2.45) is 5.92 Å². The van der Waals surface area contributed by atoms with E-state index in [0.29, 0.717) is 6.54 Å². The van der Waals surface area contributed by atoms with Gasteiger partial charge in [0.15, 0.2) is 0 Å². The molecular weight excluding hydrogens is 505 g/mol. The number of carbonyl (C=O) groups is 2. The van der Waals surface area contributed by atoms with Crippen LogP contribution < -0.4 is 9.62 Å². The Labute approximate surface area is 224 Å². The Kier molecular flexibility index (Phi) is 9.63. The van der Waals surface area contributed by atoms with Crippen LogP contribution in [0.25, 0.3) is 0 Å². The summed E-state index contributed by atoms with van der Waals surface area (Å²) in [5.74, 6) is -1.22. The molecule has 202 valence electrons. The number of carbonyl (C=O) groups excluding carboxylic acids is 2. The first-order valence-electron chi connectivity index (χ1n) is 12.4. The quantitative estimate of drug-likeness (QED) is 0.388. The zero-order valence-electron chi connectivity index (χ0n) is 22.1. The number of rotatable bonds is 11. The molecule has 0 radical (unpaired) electrons. The minimum Gasteiger partial charge on any atom is -0.354 e. The number of anilines is 1. The summed E-state index contributed by atoms with van der Waals surface area (Å²) in [6, 6.07) is 19.3. The zero-order valence-corrected chi connectivity index (χ0v) is 22.9. The summed E-state index contributed by atoms with van der Waals surface area (Å²) in [6.07, 6.45) is 0. The monoisotopic (exact) mass is 539 g/mol. The van der Waals surface area contributed by atoms with E-state index in [4.69, 9.17) is 0 Å². The lowest BCUT2D eigenvalue weighted by Crippen LogP contribution is -2.51. The number of sulfonamides is 1. The number of benzene rings is 3. The molecule has 0 bridgehead atoms. The summed E-state index contributed by atoms with van der Waals surface area (Å²) in [7, 11) is -4.18. The van der Waals surface area contributed by atoms with Crippen molar-refractivity contribution in [1.82, 2.24) is 10.2 Å². The van der Waals surface area contributed by atoms with E-state index >= 15 is 0 Å². The van der Waals surface area contributed by atoms with Crippen LogP contribution in [-0.2, 0) is 26.2 Å². The van der Waals surface area contributed by atoms with Crippen LogP contribution in [0.3, 0.4) is 0 Å². The molecule has 0 fully saturated rings. The van der Waals surface area contributed by atoms with Crippen molar-refractivity contribution in [3.05, 3.63) is 95.8 Å². The minimum atomic E-state index is -4.18. The van der Waals surface area contributed by atoms with E-state index in [-0.39, 0.29) is 29.0 Å². The van der Waals surface area contributed by atoms with Gasteiger partial charge < -0.3 is 10.2 Å². The average molecular weight is 540 g/mol. The summed E-state index contributed by atoms with van der Waals surface area (Å²) >= 11 is 0. The minimum absolute atomic E-state index is 0.00932. The lowest BCUT2D eigenvalue weighted by molar-refractivity contribution is -0.139. The highest BCUT2D eigenvalue weighted by molar-refractivity contribution is 7.92. The first kappa shape index (κ1) is 28.8. The molecule has 0 aliphatic heterocycles. The Morgan fingerprint density at radius 2 is 1.50 bits per heavy atom. The number of aryl methyl sites for hydroxylation is 1. The van der Waals surface area contributed by atoms with Crippen molar-refractivity contribution in [2.45, 2.75) is 45.2 Å². The summed E-state index contributed by atoms with van der Waals surface area (Å²) in [5, 5.41) is 2.85. The highest BCUT2D eigenvalue weighted by Gasteiger charge is 2.32. The summed E-state index contributed by atoms with van der Waals surface area (Å²) in [4.78, 5) is 28.1. The Bertz CT molecular complexity index is 1330. The number of nitrogens with zero attached hydrogens (tertiary/aromatic N) is 2. The van der Waals surface area contributed by atoms with Gasteiger partial charge in [0.1, 0.15) is 18.4 Å². The molecule has 3 aromatic rings. The maximum atomic E-state index is 13.8. The number of hydrogen-bond donors (Lipinski definition) is 1. The van der Waals surface area contributed by atoms with Crippen molar-refractivity contribution in [2.75, 3.05) is 17.4 Å². The van der Waals surface area contributed by atoms with Gasteiger partial charge in [0.05, 0.1) is 10.6 Å². The van der Waals surface area contributed by atoms with E-state index in [1.165, 1.54) is 29.2 Å². The normalized spacial score (nSPS) is 12.2. The van der Waals surface area contributed by atoms with Crippen molar-refractivity contribution in [1.29, 1.82) is 0 Å². The molecule has 3 rings (SSSR count). The van der Waals surface area contributed by atoms with Gasteiger partial charge in [0.25, 0.3) is 10.0 Å². The molecule has 1 unspecified atom stereocenters. The lowest BCUT2D eigenvalue weighted by Gasteiger charge is -2.32. The van der Waals surface area contributed by atoms with Crippen LogP contribution in [0.4, 0.5) is 10.1 Å². The molecule has 38 heavy (non-hydrogen) atoms. The third kappa shape index (κ3) is 7.41. The van der Waals surface area contributed by atoms with Crippen LogP contribution in [-0.4, -0.2) is 44.3 Å². The van der Waals surface area contributed by atoms with Gasteiger partial charge in [-0.3, -0.25) is 13.9 Å². The summed E-state index contributed by atoms with van der Waals surface area (Å²) < 4.78 is 41.9. The fourth-order valence-electron chi connectivity index (χ4n) is 3.78. The van der Waals surface area contributed by atoms with Gasteiger partial charge in [-0.15, -0.1) is 0 Å². The molecular formula is C29H34FN3O4S. The molecule has 7 nitrogen and oxygen atoms in total. The highest BCUT2D eigenvalue weighted by Crippen LogP contribution is 2.25. The standard InChI is InChI=1S/C29H34FN3O4S/c1-21(2)18-31-29(35)23(4)32(19-24-12-10-22(3)11-13-24)28(34)20-33(26-16-14-25(30)15-17-26)38(36,37)27-8-6-5-7-9-27/h5-17,21,23H,18-20H2,1-4H3,(H,31,35). The van der Waals surface area contributed by atoms with Crippen molar-refractivity contribution in [3.63, 3.8) is 0 Å². The van der Waals surface area contributed by atoms with Gasteiger partial charge in [-0.05, 0) is 61.7 Å². The van der Waals surface area contributed by atoms with Crippen molar-refractivity contribution >= 4 is 27.5 Å². The van der Waals surface area contributed by atoms with E-state index in [0.717, 1.165) is 27.6 Å². The van der Waals surface area contributed by atoms with Crippen LogP contribution in [0, 0.1) is 18.7 Å². The Morgan fingerprint density at radius 3 is 2.08 bits per heavy atom.